The summed E-state index contributed by atoms with van der Waals surface area (Å²) in [4.78, 5) is 16.9. The van der Waals surface area contributed by atoms with Crippen molar-refractivity contribution < 1.29 is 17.9 Å². The Bertz CT molecular complexity index is 1080. The van der Waals surface area contributed by atoms with Crippen molar-refractivity contribution in [1.29, 1.82) is 0 Å². The first-order valence-electron chi connectivity index (χ1n) is 9.05. The fraction of sp³-hybridized carbons (Fsp3) is 0.182. The van der Waals surface area contributed by atoms with Gasteiger partial charge in [0.15, 0.2) is 9.84 Å². The maximum absolute atomic E-state index is 13.3. The van der Waals surface area contributed by atoms with Crippen LogP contribution in [0.25, 0.3) is 0 Å². The van der Waals surface area contributed by atoms with Gasteiger partial charge < -0.3 is 10.1 Å². The Hall–Kier alpha value is -3.19. The SMILES string of the molecule is COc1ccccc1C(=O)NC[C@@H](c1cccnc1)S(=O)(=O)c1ccc(C)cc1. The quantitative estimate of drug-likeness (QED) is 0.646. The number of hydrogen-bond acceptors (Lipinski definition) is 5. The fourth-order valence-corrected chi connectivity index (χ4v) is 4.62. The average molecular weight is 410 g/mol. The third kappa shape index (κ3) is 4.63. The van der Waals surface area contributed by atoms with Gasteiger partial charge in [-0.05, 0) is 42.8 Å². The van der Waals surface area contributed by atoms with Gasteiger partial charge >= 0.3 is 0 Å². The summed E-state index contributed by atoms with van der Waals surface area (Å²) in [5.74, 6) is 0.0137. The minimum atomic E-state index is -3.75. The molecule has 1 heterocycles. The molecule has 1 amide bonds. The van der Waals surface area contributed by atoms with E-state index >= 15 is 0 Å². The highest BCUT2D eigenvalue weighted by Gasteiger charge is 2.30. The van der Waals surface area contributed by atoms with Gasteiger partial charge in [0.1, 0.15) is 11.0 Å². The molecule has 0 saturated heterocycles. The number of aryl methyl sites for hydroxylation is 1. The van der Waals surface area contributed by atoms with Crippen molar-refractivity contribution in [3.05, 3.63) is 89.7 Å². The Morgan fingerprint density at radius 3 is 2.45 bits per heavy atom. The second-order valence-electron chi connectivity index (χ2n) is 6.54. The van der Waals surface area contributed by atoms with Gasteiger partial charge in [-0.3, -0.25) is 9.78 Å². The van der Waals surface area contributed by atoms with Crippen LogP contribution < -0.4 is 10.1 Å². The van der Waals surface area contributed by atoms with Crippen LogP contribution in [-0.4, -0.2) is 33.0 Å². The van der Waals surface area contributed by atoms with Crippen LogP contribution in [0.1, 0.15) is 26.7 Å². The maximum Gasteiger partial charge on any atom is 0.255 e. The normalized spacial score (nSPS) is 12.2. The molecule has 0 radical (unpaired) electrons. The zero-order valence-corrected chi connectivity index (χ0v) is 17.0. The first kappa shape index (κ1) is 20.5. The molecule has 1 N–H and O–H groups in total. The third-order valence-electron chi connectivity index (χ3n) is 4.58. The smallest absolute Gasteiger partial charge is 0.255 e. The van der Waals surface area contributed by atoms with Crippen molar-refractivity contribution >= 4 is 15.7 Å². The number of rotatable bonds is 7. The molecule has 6 nitrogen and oxygen atoms in total. The number of methoxy groups -OCH3 is 1. The fourth-order valence-electron chi connectivity index (χ4n) is 2.98. The number of benzene rings is 2. The molecule has 0 bridgehead atoms. The summed E-state index contributed by atoms with van der Waals surface area (Å²) in [6.45, 7) is 1.79. The molecule has 7 heteroatoms. The van der Waals surface area contributed by atoms with Crippen molar-refractivity contribution in [3.63, 3.8) is 0 Å². The lowest BCUT2D eigenvalue weighted by molar-refractivity contribution is 0.0950. The molecule has 3 aromatic rings. The minimum Gasteiger partial charge on any atom is -0.496 e. The summed E-state index contributed by atoms with van der Waals surface area (Å²) in [5.41, 5.74) is 1.81. The second kappa shape index (κ2) is 8.87. The van der Waals surface area contributed by atoms with E-state index in [1.54, 1.807) is 66.9 Å². The molecule has 0 unspecified atom stereocenters. The van der Waals surface area contributed by atoms with E-state index in [0.717, 1.165) is 5.56 Å². The van der Waals surface area contributed by atoms with Crippen molar-refractivity contribution in [1.82, 2.24) is 10.3 Å². The van der Waals surface area contributed by atoms with Gasteiger partial charge in [-0.1, -0.05) is 35.9 Å². The van der Waals surface area contributed by atoms with E-state index in [4.69, 9.17) is 4.74 Å². The van der Waals surface area contributed by atoms with Crippen LogP contribution in [0.2, 0.25) is 0 Å². The summed E-state index contributed by atoms with van der Waals surface area (Å²) in [6.07, 6.45) is 3.08. The molecular weight excluding hydrogens is 388 g/mol. The maximum atomic E-state index is 13.3. The monoisotopic (exact) mass is 410 g/mol. The van der Waals surface area contributed by atoms with Gasteiger partial charge in [0.2, 0.25) is 0 Å². The lowest BCUT2D eigenvalue weighted by atomic mass is 10.1. The molecule has 1 aromatic heterocycles. The highest BCUT2D eigenvalue weighted by molar-refractivity contribution is 7.91. The van der Waals surface area contributed by atoms with Crippen LogP contribution >= 0.6 is 0 Å². The van der Waals surface area contributed by atoms with Crippen LogP contribution in [-0.2, 0) is 9.84 Å². The highest BCUT2D eigenvalue weighted by atomic mass is 32.2. The zero-order valence-electron chi connectivity index (χ0n) is 16.2. The number of hydrogen-bond donors (Lipinski definition) is 1. The van der Waals surface area contributed by atoms with Gasteiger partial charge in [-0.2, -0.15) is 0 Å². The second-order valence-corrected chi connectivity index (χ2v) is 8.67. The molecule has 0 saturated carbocycles. The van der Waals surface area contributed by atoms with Crippen LogP contribution in [0, 0.1) is 6.92 Å². The average Bonchev–Trinajstić information content (AvgIpc) is 2.74. The van der Waals surface area contributed by atoms with Gasteiger partial charge in [0.05, 0.1) is 17.6 Å². The van der Waals surface area contributed by atoms with Crippen LogP contribution in [0.15, 0.2) is 78.0 Å². The van der Waals surface area contributed by atoms with E-state index < -0.39 is 21.0 Å². The topological polar surface area (TPSA) is 85.4 Å². The Kier molecular flexibility index (Phi) is 6.29. The molecule has 2 aromatic carbocycles. The Morgan fingerprint density at radius 2 is 1.79 bits per heavy atom. The number of nitrogens with zero attached hydrogens (tertiary/aromatic N) is 1. The Morgan fingerprint density at radius 1 is 1.07 bits per heavy atom. The molecular formula is C22H22N2O4S. The number of carbonyl (C=O) groups excluding carboxylic acids is 1. The number of carbonyl (C=O) groups is 1. The lowest BCUT2D eigenvalue weighted by Crippen LogP contribution is -2.32. The van der Waals surface area contributed by atoms with Crippen LogP contribution in [0.4, 0.5) is 0 Å². The minimum absolute atomic E-state index is 0.0984. The Labute approximate surface area is 170 Å². The molecule has 150 valence electrons. The highest BCUT2D eigenvalue weighted by Crippen LogP contribution is 2.28. The Balaban J connectivity index is 1.91. The molecule has 0 spiro atoms. The molecule has 0 fully saturated rings. The molecule has 3 rings (SSSR count). The number of sulfone groups is 1. The summed E-state index contributed by atoms with van der Waals surface area (Å²) < 4.78 is 31.8. The first-order valence-corrected chi connectivity index (χ1v) is 10.6. The number of aromatic nitrogens is 1. The van der Waals surface area contributed by atoms with Crippen molar-refractivity contribution in [2.75, 3.05) is 13.7 Å². The van der Waals surface area contributed by atoms with Gasteiger partial charge in [0, 0.05) is 18.9 Å². The van der Waals surface area contributed by atoms with Gasteiger partial charge in [0.25, 0.3) is 5.91 Å². The van der Waals surface area contributed by atoms with Crippen molar-refractivity contribution in [2.45, 2.75) is 17.1 Å². The number of para-hydroxylation sites is 1. The molecule has 0 aliphatic rings. The predicted octanol–water partition coefficient (Wildman–Crippen LogP) is 3.34. The third-order valence-corrected chi connectivity index (χ3v) is 6.70. The van der Waals surface area contributed by atoms with Crippen LogP contribution in [0.5, 0.6) is 5.75 Å². The zero-order chi connectivity index (χ0) is 20.9. The van der Waals surface area contributed by atoms with Crippen LogP contribution in [0.3, 0.4) is 0 Å². The number of pyridine rings is 1. The molecule has 29 heavy (non-hydrogen) atoms. The van der Waals surface area contributed by atoms with E-state index in [2.05, 4.69) is 10.3 Å². The first-order chi connectivity index (χ1) is 13.9. The number of ether oxygens (including phenoxy) is 1. The summed E-state index contributed by atoms with van der Waals surface area (Å²) in [7, 11) is -2.27. The predicted molar refractivity (Wildman–Crippen MR) is 111 cm³/mol. The largest absolute Gasteiger partial charge is 0.496 e. The van der Waals surface area contributed by atoms with E-state index in [0.29, 0.717) is 16.9 Å². The van der Waals surface area contributed by atoms with E-state index in [9.17, 15) is 13.2 Å². The van der Waals surface area contributed by atoms with E-state index in [1.165, 1.54) is 13.3 Å². The van der Waals surface area contributed by atoms with Crippen molar-refractivity contribution in [2.24, 2.45) is 0 Å². The van der Waals surface area contributed by atoms with Gasteiger partial charge in [-0.25, -0.2) is 8.42 Å². The number of amides is 1. The summed E-state index contributed by atoms with van der Waals surface area (Å²) in [6, 6.07) is 16.8. The van der Waals surface area contributed by atoms with Gasteiger partial charge in [-0.15, -0.1) is 0 Å². The molecule has 0 aliphatic heterocycles. The van der Waals surface area contributed by atoms with Crippen molar-refractivity contribution in [3.8, 4) is 5.75 Å². The lowest BCUT2D eigenvalue weighted by Gasteiger charge is -2.19. The van der Waals surface area contributed by atoms with E-state index in [1.807, 2.05) is 6.92 Å². The number of nitrogens with one attached hydrogen (secondary N) is 1. The summed E-state index contributed by atoms with van der Waals surface area (Å²) in [5, 5.41) is 1.76. The molecule has 0 aliphatic carbocycles. The molecule has 1 atom stereocenters. The van der Waals surface area contributed by atoms with E-state index in [-0.39, 0.29) is 11.4 Å². The summed E-state index contributed by atoms with van der Waals surface area (Å²) >= 11 is 0. The standard InChI is InChI=1S/C22H22N2O4S/c1-16-9-11-18(12-10-16)29(26,27)21(17-6-5-13-23-14-17)15-24-22(25)19-7-3-4-8-20(19)28-2/h3-14,21H,15H2,1-2H3,(H,24,25)/t21-/m0/s1.